The van der Waals surface area contributed by atoms with E-state index < -0.39 is 0 Å². The molecule has 0 atom stereocenters. The number of carbonyl (C=O) groups is 1. The third-order valence-corrected chi connectivity index (χ3v) is 5.03. The van der Waals surface area contributed by atoms with Crippen molar-refractivity contribution in [3.63, 3.8) is 0 Å². The van der Waals surface area contributed by atoms with Crippen LogP contribution in [0.3, 0.4) is 0 Å². The lowest BCUT2D eigenvalue weighted by Crippen LogP contribution is -2.14. The summed E-state index contributed by atoms with van der Waals surface area (Å²) >= 11 is 0. The number of nitrogens with one attached hydrogen (secondary N) is 2. The number of nitrogens with zero attached hydrogens (tertiary/aromatic N) is 4. The van der Waals surface area contributed by atoms with E-state index in [9.17, 15) is 4.79 Å². The molecule has 158 valence electrons. The van der Waals surface area contributed by atoms with Crippen molar-refractivity contribution in [2.24, 2.45) is 0 Å². The van der Waals surface area contributed by atoms with Crippen LogP contribution in [-0.2, 0) is 17.6 Å². The van der Waals surface area contributed by atoms with E-state index >= 15 is 0 Å². The summed E-state index contributed by atoms with van der Waals surface area (Å²) < 4.78 is 1.71. The Balaban J connectivity index is 1.31. The monoisotopic (exact) mass is 414 g/mol. The molecular formula is C24H26N6O. The Morgan fingerprint density at radius 2 is 1.74 bits per heavy atom. The topological polar surface area (TPSA) is 84.2 Å². The maximum atomic E-state index is 12.3. The van der Waals surface area contributed by atoms with E-state index in [0.717, 1.165) is 36.5 Å². The van der Waals surface area contributed by atoms with Crippen LogP contribution in [0.25, 0.3) is 5.65 Å². The van der Waals surface area contributed by atoms with Gasteiger partial charge in [-0.25, -0.2) is 0 Å². The highest BCUT2D eigenvalue weighted by molar-refractivity contribution is 5.90. The molecule has 4 rings (SSSR count). The summed E-state index contributed by atoms with van der Waals surface area (Å²) in [7, 11) is 0. The average molecular weight is 415 g/mol. The number of anilines is 2. The van der Waals surface area contributed by atoms with Crippen molar-refractivity contribution >= 4 is 23.1 Å². The van der Waals surface area contributed by atoms with Gasteiger partial charge in [0.25, 0.3) is 0 Å². The molecule has 0 aliphatic rings. The number of amides is 1. The molecule has 31 heavy (non-hydrogen) atoms. The first-order valence-corrected chi connectivity index (χ1v) is 10.5. The highest BCUT2D eigenvalue weighted by atomic mass is 16.1. The predicted molar refractivity (Wildman–Crippen MR) is 122 cm³/mol. The normalized spacial score (nSPS) is 10.9. The Kier molecular flexibility index (Phi) is 6.52. The van der Waals surface area contributed by atoms with Gasteiger partial charge in [-0.05, 0) is 49.6 Å². The van der Waals surface area contributed by atoms with Crippen molar-refractivity contribution in [1.29, 1.82) is 0 Å². The molecule has 0 bridgehead atoms. The predicted octanol–water partition coefficient (Wildman–Crippen LogP) is 4.05. The van der Waals surface area contributed by atoms with Crippen molar-refractivity contribution in [1.82, 2.24) is 19.8 Å². The standard InChI is InChI=1S/C24H26N6O/c1-18-9-11-20(12-10-18)26-24(31)16-15-23-28-27-22-14-13-21(29-30(22)23)25-17-5-8-19-6-3-2-4-7-19/h2-4,6-7,9-14H,5,8,15-17H2,1H3,(H,25,29)(H,26,31). The SMILES string of the molecule is Cc1ccc(NC(=O)CCc2nnc3ccc(NCCCc4ccccc4)nn23)cc1. The molecule has 0 spiro atoms. The number of benzene rings is 2. The molecule has 1 amide bonds. The van der Waals surface area contributed by atoms with E-state index in [4.69, 9.17) is 0 Å². The minimum Gasteiger partial charge on any atom is -0.369 e. The van der Waals surface area contributed by atoms with Crippen molar-refractivity contribution in [3.8, 4) is 0 Å². The van der Waals surface area contributed by atoms with Crippen LogP contribution >= 0.6 is 0 Å². The Morgan fingerprint density at radius 3 is 2.55 bits per heavy atom. The van der Waals surface area contributed by atoms with E-state index in [2.05, 4.69) is 50.2 Å². The third kappa shape index (κ3) is 5.66. The fourth-order valence-corrected chi connectivity index (χ4v) is 3.32. The first-order chi connectivity index (χ1) is 15.2. The van der Waals surface area contributed by atoms with Crippen molar-refractivity contribution in [2.75, 3.05) is 17.2 Å². The zero-order chi connectivity index (χ0) is 21.5. The number of aryl methyl sites for hydroxylation is 3. The van der Waals surface area contributed by atoms with Gasteiger partial charge in [0, 0.05) is 25.1 Å². The van der Waals surface area contributed by atoms with E-state index in [0.29, 0.717) is 24.3 Å². The Labute approximate surface area is 181 Å². The first-order valence-electron chi connectivity index (χ1n) is 10.5. The smallest absolute Gasteiger partial charge is 0.224 e. The number of fused-ring (bicyclic) bond motifs is 1. The molecule has 2 heterocycles. The summed E-state index contributed by atoms with van der Waals surface area (Å²) in [4.78, 5) is 12.3. The van der Waals surface area contributed by atoms with Gasteiger partial charge in [-0.2, -0.15) is 4.52 Å². The number of rotatable bonds is 9. The lowest BCUT2D eigenvalue weighted by molar-refractivity contribution is -0.116. The third-order valence-electron chi connectivity index (χ3n) is 5.03. The lowest BCUT2D eigenvalue weighted by Gasteiger charge is -2.07. The molecule has 0 fully saturated rings. The van der Waals surface area contributed by atoms with Crippen LogP contribution in [0.5, 0.6) is 0 Å². The van der Waals surface area contributed by atoms with Gasteiger partial charge < -0.3 is 10.6 Å². The highest BCUT2D eigenvalue weighted by Gasteiger charge is 2.10. The van der Waals surface area contributed by atoms with Gasteiger partial charge in [0.1, 0.15) is 5.82 Å². The van der Waals surface area contributed by atoms with Crippen molar-refractivity contribution in [2.45, 2.75) is 32.6 Å². The van der Waals surface area contributed by atoms with Gasteiger partial charge in [0.2, 0.25) is 5.91 Å². The van der Waals surface area contributed by atoms with E-state index in [1.165, 1.54) is 5.56 Å². The van der Waals surface area contributed by atoms with Gasteiger partial charge in [0.05, 0.1) is 0 Å². The largest absolute Gasteiger partial charge is 0.369 e. The van der Waals surface area contributed by atoms with E-state index in [1.807, 2.05) is 49.4 Å². The molecule has 2 aromatic heterocycles. The molecule has 0 radical (unpaired) electrons. The van der Waals surface area contributed by atoms with Crippen LogP contribution in [0.15, 0.2) is 66.7 Å². The number of hydrogen-bond donors (Lipinski definition) is 2. The quantitative estimate of drug-likeness (QED) is 0.404. The Hall–Kier alpha value is -3.74. The van der Waals surface area contributed by atoms with Gasteiger partial charge in [0.15, 0.2) is 11.5 Å². The summed E-state index contributed by atoms with van der Waals surface area (Å²) in [6.45, 7) is 2.84. The maximum absolute atomic E-state index is 12.3. The minimum atomic E-state index is -0.0594. The number of aromatic nitrogens is 4. The first kappa shape index (κ1) is 20.5. The Bertz CT molecular complexity index is 1140. The van der Waals surface area contributed by atoms with Crippen LogP contribution in [0.2, 0.25) is 0 Å². The summed E-state index contributed by atoms with van der Waals surface area (Å²) in [5.74, 6) is 1.38. The molecule has 4 aromatic rings. The molecule has 0 aliphatic heterocycles. The molecule has 0 unspecified atom stereocenters. The second kappa shape index (κ2) is 9.84. The van der Waals surface area contributed by atoms with Crippen LogP contribution in [-0.4, -0.2) is 32.3 Å². The molecule has 7 nitrogen and oxygen atoms in total. The van der Waals surface area contributed by atoms with Crippen LogP contribution in [0.4, 0.5) is 11.5 Å². The van der Waals surface area contributed by atoms with Crippen LogP contribution in [0.1, 0.15) is 29.8 Å². The zero-order valence-electron chi connectivity index (χ0n) is 17.6. The second-order valence-electron chi connectivity index (χ2n) is 7.53. The van der Waals surface area contributed by atoms with Crippen LogP contribution in [0, 0.1) is 6.92 Å². The summed E-state index contributed by atoms with van der Waals surface area (Å²) in [6.07, 6.45) is 2.80. The van der Waals surface area contributed by atoms with E-state index in [-0.39, 0.29) is 5.91 Å². The molecule has 2 N–H and O–H groups in total. The fourth-order valence-electron chi connectivity index (χ4n) is 3.32. The highest BCUT2D eigenvalue weighted by Crippen LogP contribution is 2.12. The maximum Gasteiger partial charge on any atom is 0.224 e. The molecular weight excluding hydrogens is 388 g/mol. The molecule has 0 saturated heterocycles. The van der Waals surface area contributed by atoms with Crippen LogP contribution < -0.4 is 10.6 Å². The summed E-state index contributed by atoms with van der Waals surface area (Å²) in [6, 6.07) is 22.0. The molecule has 2 aromatic carbocycles. The lowest BCUT2D eigenvalue weighted by atomic mass is 10.1. The summed E-state index contributed by atoms with van der Waals surface area (Å²) in [5.41, 5.74) is 3.95. The molecule has 0 aliphatic carbocycles. The van der Waals surface area contributed by atoms with Crippen molar-refractivity contribution < 1.29 is 4.79 Å². The minimum absolute atomic E-state index is 0.0594. The number of hydrogen-bond acceptors (Lipinski definition) is 5. The average Bonchev–Trinajstić information content (AvgIpc) is 3.20. The molecule has 0 saturated carbocycles. The zero-order valence-corrected chi connectivity index (χ0v) is 17.6. The van der Waals surface area contributed by atoms with Gasteiger partial charge >= 0.3 is 0 Å². The summed E-state index contributed by atoms with van der Waals surface area (Å²) in [5, 5.41) is 19.2. The van der Waals surface area contributed by atoms with Crippen molar-refractivity contribution in [3.05, 3.63) is 83.7 Å². The van der Waals surface area contributed by atoms with E-state index in [1.54, 1.807) is 4.52 Å². The van der Waals surface area contributed by atoms with Gasteiger partial charge in [-0.3, -0.25) is 4.79 Å². The number of carbonyl (C=O) groups excluding carboxylic acids is 1. The Morgan fingerprint density at radius 1 is 0.935 bits per heavy atom. The molecule has 7 heteroatoms. The fraction of sp³-hybridized carbons (Fsp3) is 0.250. The van der Waals surface area contributed by atoms with Gasteiger partial charge in [-0.15, -0.1) is 15.3 Å². The second-order valence-corrected chi connectivity index (χ2v) is 7.53. The van der Waals surface area contributed by atoms with Gasteiger partial charge in [-0.1, -0.05) is 48.0 Å².